The number of para-hydroxylation sites is 1. The molecule has 0 saturated heterocycles. The van der Waals surface area contributed by atoms with Crippen LogP contribution in [0.15, 0.2) is 54.6 Å². The molecule has 0 aliphatic heterocycles. The maximum absolute atomic E-state index is 12.5. The number of esters is 1. The van der Waals surface area contributed by atoms with Crippen LogP contribution in [0.2, 0.25) is 0 Å². The molecule has 2 aromatic rings. The Morgan fingerprint density at radius 3 is 2.11 bits per heavy atom. The molecule has 0 aliphatic carbocycles. The van der Waals surface area contributed by atoms with Crippen molar-refractivity contribution in [3.05, 3.63) is 65.7 Å². The van der Waals surface area contributed by atoms with E-state index in [9.17, 15) is 4.79 Å². The van der Waals surface area contributed by atoms with Crippen LogP contribution in [0.3, 0.4) is 0 Å². The van der Waals surface area contributed by atoms with E-state index in [1.54, 1.807) is 6.92 Å². The Bertz CT molecular complexity index is 834. The molecule has 0 heterocycles. The van der Waals surface area contributed by atoms with Crippen LogP contribution >= 0.6 is 0 Å². The molecule has 0 bridgehead atoms. The number of nitrogens with zero attached hydrogens (tertiary/aromatic N) is 1. The van der Waals surface area contributed by atoms with E-state index in [0.29, 0.717) is 6.42 Å². The summed E-state index contributed by atoms with van der Waals surface area (Å²) in [5, 5.41) is 0. The Morgan fingerprint density at radius 1 is 0.829 bits per heavy atom. The number of quaternary nitrogens is 1. The number of aryl methyl sites for hydroxylation is 1. The normalized spacial score (nSPS) is 12.3. The number of benzene rings is 2. The van der Waals surface area contributed by atoms with Gasteiger partial charge in [-0.1, -0.05) is 107 Å². The highest BCUT2D eigenvalue weighted by Gasteiger charge is 2.20. The molecule has 0 aliphatic rings. The predicted octanol–water partition coefficient (Wildman–Crippen LogP) is 7.69. The van der Waals surface area contributed by atoms with Gasteiger partial charge in [-0.15, -0.1) is 0 Å². The van der Waals surface area contributed by atoms with Gasteiger partial charge in [0.15, 0.2) is 0 Å². The van der Waals surface area contributed by atoms with Crippen molar-refractivity contribution < 1.29 is 18.8 Å². The van der Waals surface area contributed by atoms with Crippen LogP contribution < -0.4 is 4.74 Å². The molecule has 0 N–H and O–H groups in total. The molecule has 0 amide bonds. The molecule has 0 aromatic heterocycles. The second kappa shape index (κ2) is 16.4. The molecule has 2 rings (SSSR count). The fourth-order valence-corrected chi connectivity index (χ4v) is 4.45. The largest absolute Gasteiger partial charge is 0.455 e. The first-order chi connectivity index (χ1) is 16.9. The second-order valence-electron chi connectivity index (χ2n) is 10.4. The third-order valence-corrected chi connectivity index (χ3v) is 6.49. The second-order valence-corrected chi connectivity index (χ2v) is 10.4. The van der Waals surface area contributed by atoms with Crippen molar-refractivity contribution in [3.63, 3.8) is 0 Å². The van der Waals surface area contributed by atoms with Crippen LogP contribution in [0, 0.1) is 0 Å². The summed E-state index contributed by atoms with van der Waals surface area (Å²) in [5.74, 6) is 0.612. The average Bonchev–Trinajstić information content (AvgIpc) is 2.83. The SMILES string of the molecule is CCCCCCCCCCCc1ccccc1OC(C)OC(=O)CC[N+](C)(C)Cc1ccccc1. The molecule has 4 heteroatoms. The summed E-state index contributed by atoms with van der Waals surface area (Å²) in [7, 11) is 4.28. The minimum atomic E-state index is -0.600. The van der Waals surface area contributed by atoms with Crippen LogP contribution in [0.25, 0.3) is 0 Å². The van der Waals surface area contributed by atoms with Crippen LogP contribution in [-0.2, 0) is 22.5 Å². The van der Waals surface area contributed by atoms with Gasteiger partial charge in [0.05, 0.1) is 27.1 Å². The Kier molecular flexibility index (Phi) is 13.5. The van der Waals surface area contributed by atoms with Crippen LogP contribution in [-0.4, -0.2) is 37.4 Å². The quantitative estimate of drug-likeness (QED) is 0.0945. The van der Waals surface area contributed by atoms with Gasteiger partial charge in [-0.05, 0) is 24.5 Å². The van der Waals surface area contributed by atoms with Gasteiger partial charge < -0.3 is 14.0 Å². The molecule has 0 spiro atoms. The fraction of sp³-hybridized carbons (Fsp3) is 0.581. The maximum Gasteiger partial charge on any atom is 0.314 e. The highest BCUT2D eigenvalue weighted by molar-refractivity contribution is 5.69. The average molecular weight is 483 g/mol. The number of carbonyl (C=O) groups excluding carboxylic acids is 1. The van der Waals surface area contributed by atoms with Gasteiger partial charge in [0.1, 0.15) is 12.3 Å². The first-order valence-electron chi connectivity index (χ1n) is 13.7. The molecule has 0 radical (unpaired) electrons. The van der Waals surface area contributed by atoms with Gasteiger partial charge in [0.25, 0.3) is 0 Å². The topological polar surface area (TPSA) is 35.5 Å². The Labute approximate surface area is 214 Å². The van der Waals surface area contributed by atoms with Crippen molar-refractivity contribution in [2.75, 3.05) is 20.6 Å². The summed E-state index contributed by atoms with van der Waals surface area (Å²) in [5.41, 5.74) is 2.46. The lowest BCUT2D eigenvalue weighted by Gasteiger charge is -2.29. The summed E-state index contributed by atoms with van der Waals surface area (Å²) in [6.45, 7) is 5.67. The van der Waals surface area contributed by atoms with E-state index in [-0.39, 0.29) is 5.97 Å². The first kappa shape index (κ1) is 28.9. The predicted molar refractivity (Wildman–Crippen MR) is 145 cm³/mol. The standard InChI is InChI=1S/C31H48NO3/c1-5-6-7-8-9-10-11-12-16-21-29-22-17-18-23-30(29)34-27(2)35-31(33)24-25-32(3,4)26-28-19-14-13-15-20-28/h13-15,17-20,22-23,27H,5-12,16,21,24-26H2,1-4H3/q+1. The molecular weight excluding hydrogens is 434 g/mol. The summed E-state index contributed by atoms with van der Waals surface area (Å²) in [4.78, 5) is 12.5. The molecule has 194 valence electrons. The molecule has 35 heavy (non-hydrogen) atoms. The zero-order valence-electron chi connectivity index (χ0n) is 22.6. The summed E-state index contributed by atoms with van der Waals surface area (Å²) in [6.07, 6.45) is 12.6. The van der Waals surface area contributed by atoms with Crippen molar-refractivity contribution >= 4 is 5.97 Å². The van der Waals surface area contributed by atoms with Crippen LogP contribution in [0.5, 0.6) is 5.75 Å². The lowest BCUT2D eigenvalue weighted by molar-refractivity contribution is -0.903. The van der Waals surface area contributed by atoms with Gasteiger partial charge in [0, 0.05) is 12.5 Å². The van der Waals surface area contributed by atoms with Crippen LogP contribution in [0.4, 0.5) is 0 Å². The minimum Gasteiger partial charge on any atom is -0.455 e. The number of ether oxygens (including phenoxy) is 2. The lowest BCUT2D eigenvalue weighted by Crippen LogP contribution is -2.40. The van der Waals surface area contributed by atoms with E-state index in [2.05, 4.69) is 57.4 Å². The first-order valence-corrected chi connectivity index (χ1v) is 13.7. The van der Waals surface area contributed by atoms with Gasteiger partial charge in [0.2, 0.25) is 6.29 Å². The highest BCUT2D eigenvalue weighted by atomic mass is 16.7. The van der Waals surface area contributed by atoms with Gasteiger partial charge in [-0.25, -0.2) is 0 Å². The zero-order valence-corrected chi connectivity index (χ0v) is 22.6. The third kappa shape index (κ3) is 12.8. The molecule has 0 saturated carbocycles. The minimum absolute atomic E-state index is 0.215. The molecule has 1 unspecified atom stereocenters. The molecule has 1 atom stereocenters. The fourth-order valence-electron chi connectivity index (χ4n) is 4.45. The highest BCUT2D eigenvalue weighted by Crippen LogP contribution is 2.23. The number of hydrogen-bond donors (Lipinski definition) is 0. The van der Waals surface area contributed by atoms with Gasteiger partial charge >= 0.3 is 5.97 Å². The van der Waals surface area contributed by atoms with Crippen molar-refractivity contribution in [2.45, 2.75) is 97.3 Å². The van der Waals surface area contributed by atoms with E-state index < -0.39 is 6.29 Å². The lowest BCUT2D eigenvalue weighted by atomic mass is 10.0. The Balaban J connectivity index is 1.69. The van der Waals surface area contributed by atoms with E-state index >= 15 is 0 Å². The van der Waals surface area contributed by atoms with Gasteiger partial charge in [-0.2, -0.15) is 0 Å². The van der Waals surface area contributed by atoms with E-state index in [4.69, 9.17) is 9.47 Å². The Morgan fingerprint density at radius 2 is 1.43 bits per heavy atom. The molecule has 2 aromatic carbocycles. The molecular formula is C31H48NO3+. The van der Waals surface area contributed by atoms with Crippen molar-refractivity contribution in [1.82, 2.24) is 0 Å². The van der Waals surface area contributed by atoms with E-state index in [0.717, 1.165) is 36.2 Å². The number of hydrogen-bond acceptors (Lipinski definition) is 3. The third-order valence-electron chi connectivity index (χ3n) is 6.49. The summed E-state index contributed by atoms with van der Waals surface area (Å²) < 4.78 is 12.3. The van der Waals surface area contributed by atoms with Crippen LogP contribution in [0.1, 0.15) is 89.2 Å². The number of rotatable bonds is 18. The zero-order chi connectivity index (χ0) is 25.4. The smallest absolute Gasteiger partial charge is 0.314 e. The van der Waals surface area contributed by atoms with Crippen molar-refractivity contribution in [1.29, 1.82) is 0 Å². The molecule has 4 nitrogen and oxygen atoms in total. The van der Waals surface area contributed by atoms with Gasteiger partial charge in [-0.3, -0.25) is 4.79 Å². The Hall–Kier alpha value is -2.33. The monoisotopic (exact) mass is 482 g/mol. The summed E-state index contributed by atoms with van der Waals surface area (Å²) in [6, 6.07) is 18.5. The maximum atomic E-state index is 12.5. The summed E-state index contributed by atoms with van der Waals surface area (Å²) >= 11 is 0. The molecule has 0 fully saturated rings. The number of unbranched alkanes of at least 4 members (excludes halogenated alkanes) is 8. The van der Waals surface area contributed by atoms with E-state index in [1.165, 1.54) is 62.5 Å². The van der Waals surface area contributed by atoms with Crippen molar-refractivity contribution in [3.8, 4) is 5.75 Å². The van der Waals surface area contributed by atoms with Crippen molar-refractivity contribution in [2.24, 2.45) is 0 Å². The number of carbonyl (C=O) groups is 1. The van der Waals surface area contributed by atoms with E-state index in [1.807, 2.05) is 18.2 Å².